The molecule has 3 aliphatic rings. The van der Waals surface area contributed by atoms with Gasteiger partial charge in [0.25, 0.3) is 11.5 Å². The standard InChI is InChI=1S/C27H32N4O4.C2HF3O2/c1-16(2)35-21-11-23-29-22(27-8-7-26(4,14-27)34-15-27)13-30(23)12-18(21)24(32)28-19-6-5-9-31(25(19)33)20-10-17(20)3;3-2(4,5)1(6)7/h5-6,9,11-13,16-17,20H,7-8,10,14-15H2,1-4H3,(H,28,32);(H,6,7)/t17-,20+,26-,27-;/m0./s1. The summed E-state index contributed by atoms with van der Waals surface area (Å²) in [4.78, 5) is 40.2. The van der Waals surface area contributed by atoms with Crippen LogP contribution in [0.1, 0.15) is 75.5 Å². The number of nitrogens with zero attached hydrogens (tertiary/aromatic N) is 3. The second-order valence-corrected chi connectivity index (χ2v) is 12.0. The van der Waals surface area contributed by atoms with E-state index in [2.05, 4.69) is 19.2 Å². The maximum absolute atomic E-state index is 13.4. The van der Waals surface area contributed by atoms with E-state index < -0.39 is 12.1 Å². The van der Waals surface area contributed by atoms with E-state index in [1.165, 1.54) is 0 Å². The summed E-state index contributed by atoms with van der Waals surface area (Å²) in [6.45, 7) is 8.81. The first-order chi connectivity index (χ1) is 19.6. The van der Waals surface area contributed by atoms with E-state index in [9.17, 15) is 22.8 Å². The van der Waals surface area contributed by atoms with Gasteiger partial charge in [-0.05, 0) is 64.5 Å². The average molecular weight is 591 g/mol. The van der Waals surface area contributed by atoms with Crippen molar-refractivity contribution in [1.29, 1.82) is 0 Å². The van der Waals surface area contributed by atoms with Gasteiger partial charge in [-0.3, -0.25) is 9.59 Å². The lowest BCUT2D eigenvalue weighted by molar-refractivity contribution is -0.192. The van der Waals surface area contributed by atoms with Crippen LogP contribution in [0.5, 0.6) is 5.75 Å². The van der Waals surface area contributed by atoms with Crippen LogP contribution < -0.4 is 15.6 Å². The number of aromatic nitrogens is 3. The SMILES string of the molecule is CC(C)Oc1cc2nc([C@@]34CC[C@@](C)(C3)OC4)cn2cc1C(=O)Nc1cccn([C@@H]2C[C@@H]2C)c1=O.O=C(O)C(F)(F)F. The molecule has 3 aromatic rings. The third kappa shape index (κ3) is 5.74. The molecule has 2 bridgehead atoms. The van der Waals surface area contributed by atoms with Crippen molar-refractivity contribution in [1.82, 2.24) is 14.0 Å². The summed E-state index contributed by atoms with van der Waals surface area (Å²) in [5, 5.41) is 9.95. The molecule has 0 unspecified atom stereocenters. The Balaban J connectivity index is 0.000000451. The molecule has 13 heteroatoms. The van der Waals surface area contributed by atoms with Gasteiger partial charge in [0.2, 0.25) is 0 Å². The third-order valence-corrected chi connectivity index (χ3v) is 8.14. The largest absolute Gasteiger partial charge is 0.490 e. The minimum atomic E-state index is -5.08. The highest BCUT2D eigenvalue weighted by molar-refractivity contribution is 6.06. The van der Waals surface area contributed by atoms with Crippen molar-refractivity contribution >= 4 is 23.2 Å². The van der Waals surface area contributed by atoms with Crippen LogP contribution in [-0.2, 0) is 14.9 Å². The second kappa shape index (κ2) is 10.4. The highest BCUT2D eigenvalue weighted by Gasteiger charge is 2.55. The minimum absolute atomic E-state index is 0.0619. The van der Waals surface area contributed by atoms with Gasteiger partial charge in [0.15, 0.2) is 0 Å². The fraction of sp³-hybridized carbons (Fsp3) is 0.517. The highest BCUT2D eigenvalue weighted by atomic mass is 19.4. The molecule has 1 amide bonds. The number of ether oxygens (including phenoxy) is 2. The highest BCUT2D eigenvalue weighted by Crippen LogP contribution is 2.53. The van der Waals surface area contributed by atoms with Gasteiger partial charge in [-0.15, -0.1) is 0 Å². The predicted octanol–water partition coefficient (Wildman–Crippen LogP) is 4.96. The fourth-order valence-electron chi connectivity index (χ4n) is 5.79. The molecule has 42 heavy (non-hydrogen) atoms. The normalized spacial score (nSPS) is 26.2. The number of nitrogens with one attached hydrogen (secondary N) is 1. The quantitative estimate of drug-likeness (QED) is 0.416. The Morgan fingerprint density at radius 3 is 2.48 bits per heavy atom. The van der Waals surface area contributed by atoms with Crippen LogP contribution in [0, 0.1) is 5.92 Å². The summed E-state index contributed by atoms with van der Waals surface area (Å²) in [6, 6.07) is 5.47. The first-order valence-corrected chi connectivity index (χ1v) is 13.8. The molecular weight excluding hydrogens is 557 g/mol. The number of carbonyl (C=O) groups excluding carboxylic acids is 1. The molecule has 3 fully saturated rings. The number of hydrogen-bond donors (Lipinski definition) is 2. The molecule has 3 aromatic heterocycles. The Kier molecular flexibility index (Phi) is 7.36. The van der Waals surface area contributed by atoms with Crippen LogP contribution in [0.3, 0.4) is 0 Å². The van der Waals surface area contributed by atoms with Gasteiger partial charge in [0.05, 0.1) is 29.6 Å². The predicted molar refractivity (Wildman–Crippen MR) is 146 cm³/mol. The molecular formula is C29H33F3N4O6. The fourth-order valence-corrected chi connectivity index (χ4v) is 5.79. The van der Waals surface area contributed by atoms with Crippen LogP contribution in [0.15, 0.2) is 41.6 Å². The van der Waals surface area contributed by atoms with E-state index in [0.29, 0.717) is 23.8 Å². The lowest BCUT2D eigenvalue weighted by Crippen LogP contribution is -2.26. The van der Waals surface area contributed by atoms with E-state index in [-0.39, 0.29) is 40.3 Å². The zero-order valence-corrected chi connectivity index (χ0v) is 23.7. The molecule has 2 N–H and O–H groups in total. The van der Waals surface area contributed by atoms with Crippen LogP contribution >= 0.6 is 0 Å². The van der Waals surface area contributed by atoms with Crippen molar-refractivity contribution in [3.05, 3.63) is 58.4 Å². The van der Waals surface area contributed by atoms with Crippen LogP contribution in [0.4, 0.5) is 18.9 Å². The van der Waals surface area contributed by atoms with E-state index in [1.807, 2.05) is 30.5 Å². The summed E-state index contributed by atoms with van der Waals surface area (Å²) in [5.41, 5.74) is 2.04. The minimum Gasteiger partial charge on any atom is -0.490 e. The third-order valence-electron chi connectivity index (χ3n) is 8.14. The number of aliphatic carboxylic acids is 1. The number of halogens is 3. The number of fused-ring (bicyclic) bond motifs is 3. The maximum atomic E-state index is 13.4. The summed E-state index contributed by atoms with van der Waals surface area (Å²) in [5.74, 6) is -2.21. The molecule has 10 nitrogen and oxygen atoms in total. The number of pyridine rings is 2. The van der Waals surface area contributed by atoms with E-state index in [4.69, 9.17) is 24.4 Å². The number of amides is 1. The van der Waals surface area contributed by atoms with Gasteiger partial charge in [-0.1, -0.05) is 6.92 Å². The van der Waals surface area contributed by atoms with Crippen molar-refractivity contribution in [3.63, 3.8) is 0 Å². The van der Waals surface area contributed by atoms with Crippen molar-refractivity contribution in [2.45, 2.75) is 82.7 Å². The van der Waals surface area contributed by atoms with Crippen molar-refractivity contribution < 1.29 is 37.3 Å². The Bertz CT molecular complexity index is 1590. The van der Waals surface area contributed by atoms with Crippen LogP contribution in [0.25, 0.3) is 5.65 Å². The number of imidazole rings is 1. The molecule has 2 aliphatic carbocycles. The van der Waals surface area contributed by atoms with E-state index in [1.54, 1.807) is 29.1 Å². The van der Waals surface area contributed by atoms with Crippen LogP contribution in [-0.4, -0.2) is 55.4 Å². The zero-order valence-electron chi connectivity index (χ0n) is 23.7. The number of carboxylic acid groups (broad SMARTS) is 1. The average Bonchev–Trinajstić information content (AvgIpc) is 3.22. The van der Waals surface area contributed by atoms with Gasteiger partial charge in [0.1, 0.15) is 17.1 Å². The topological polar surface area (TPSA) is 124 Å². The number of hydrogen-bond acceptors (Lipinski definition) is 6. The summed E-state index contributed by atoms with van der Waals surface area (Å²) in [7, 11) is 0. The van der Waals surface area contributed by atoms with Gasteiger partial charge < -0.3 is 28.9 Å². The Hall–Kier alpha value is -3.87. The molecule has 4 atom stereocenters. The van der Waals surface area contributed by atoms with Crippen molar-refractivity contribution in [3.8, 4) is 5.75 Å². The monoisotopic (exact) mass is 590 g/mol. The number of alkyl halides is 3. The molecule has 4 heterocycles. The van der Waals surface area contributed by atoms with E-state index in [0.717, 1.165) is 37.0 Å². The maximum Gasteiger partial charge on any atom is 0.490 e. The lowest BCUT2D eigenvalue weighted by atomic mass is 9.84. The molecule has 1 aliphatic heterocycles. The summed E-state index contributed by atoms with van der Waals surface area (Å²) >= 11 is 0. The molecule has 0 spiro atoms. The molecule has 0 radical (unpaired) electrons. The van der Waals surface area contributed by atoms with Gasteiger partial charge in [-0.25, -0.2) is 9.78 Å². The summed E-state index contributed by atoms with van der Waals surface area (Å²) < 4.78 is 47.4. The van der Waals surface area contributed by atoms with Crippen molar-refractivity contribution in [2.24, 2.45) is 5.92 Å². The molecule has 226 valence electrons. The molecule has 1 saturated heterocycles. The Morgan fingerprint density at radius 2 is 1.95 bits per heavy atom. The Morgan fingerprint density at radius 1 is 1.26 bits per heavy atom. The van der Waals surface area contributed by atoms with Crippen LogP contribution in [0.2, 0.25) is 0 Å². The first kappa shape index (κ1) is 29.6. The first-order valence-electron chi connectivity index (χ1n) is 13.8. The number of rotatable bonds is 6. The molecule has 2 saturated carbocycles. The second-order valence-electron chi connectivity index (χ2n) is 12.0. The summed E-state index contributed by atoms with van der Waals surface area (Å²) in [6.07, 6.45) is 4.38. The molecule has 6 rings (SSSR count). The van der Waals surface area contributed by atoms with Gasteiger partial charge >= 0.3 is 12.1 Å². The lowest BCUT2D eigenvalue weighted by Gasteiger charge is -2.24. The van der Waals surface area contributed by atoms with Gasteiger partial charge in [-0.2, -0.15) is 13.2 Å². The van der Waals surface area contributed by atoms with Gasteiger partial charge in [0, 0.05) is 36.1 Å². The Labute approximate surface area is 239 Å². The number of carboxylic acids is 1. The van der Waals surface area contributed by atoms with Crippen molar-refractivity contribution in [2.75, 3.05) is 11.9 Å². The number of anilines is 1. The number of carbonyl (C=O) groups is 2. The molecule has 0 aromatic carbocycles. The smallest absolute Gasteiger partial charge is 0.490 e. The zero-order chi connectivity index (χ0) is 30.6. The van der Waals surface area contributed by atoms with E-state index >= 15 is 0 Å².